The number of hydrogen-bond donors (Lipinski definition) is 2. The van der Waals surface area contributed by atoms with Gasteiger partial charge in [-0.1, -0.05) is 24.4 Å². The third kappa shape index (κ3) is 7.64. The molecule has 2 aliphatic carbocycles. The molecule has 6 heterocycles. The molecule has 3 aliphatic heterocycles. The van der Waals surface area contributed by atoms with Crippen LogP contribution in [0.4, 0.5) is 17.2 Å². The summed E-state index contributed by atoms with van der Waals surface area (Å²) in [7, 11) is -1.77. The number of rotatable bonds is 9. The highest BCUT2D eigenvalue weighted by atomic mass is 35.5. The molecule has 3 saturated heterocycles. The summed E-state index contributed by atoms with van der Waals surface area (Å²) in [5.74, 6) is 0.316. The summed E-state index contributed by atoms with van der Waals surface area (Å²) < 4.78 is 32.7. The Morgan fingerprint density at radius 1 is 0.841 bits per heavy atom. The van der Waals surface area contributed by atoms with Gasteiger partial charge in [0, 0.05) is 56.6 Å². The van der Waals surface area contributed by atoms with Gasteiger partial charge >= 0.3 is 5.69 Å². The van der Waals surface area contributed by atoms with Crippen molar-refractivity contribution in [2.24, 2.45) is 18.4 Å². The van der Waals surface area contributed by atoms with Crippen molar-refractivity contribution in [1.82, 2.24) is 34.1 Å². The molecule has 1 atom stereocenters. The Balaban J connectivity index is 0.718. The number of anilines is 3. The first-order valence-corrected chi connectivity index (χ1v) is 24.4. The van der Waals surface area contributed by atoms with Crippen molar-refractivity contribution in [2.45, 2.75) is 106 Å². The van der Waals surface area contributed by atoms with Crippen molar-refractivity contribution in [3.63, 3.8) is 0 Å². The van der Waals surface area contributed by atoms with Crippen LogP contribution in [0.1, 0.15) is 94.7 Å². The number of carbonyl (C=O) groups excluding carboxylic acids is 2. The number of carbonyl (C=O) groups is 2. The molecule has 5 fully saturated rings. The monoisotopic (exact) mass is 895 g/mol. The first kappa shape index (κ1) is 41.9. The molecule has 5 aromatic rings. The lowest BCUT2D eigenvalue weighted by molar-refractivity contribution is -0.135. The van der Waals surface area contributed by atoms with E-state index >= 15 is 0 Å². The van der Waals surface area contributed by atoms with Gasteiger partial charge in [-0.25, -0.2) is 13.2 Å². The second-order valence-corrected chi connectivity index (χ2v) is 21.5. The first-order valence-electron chi connectivity index (χ1n) is 22.5. The SMILES string of the molecule is Cc1cc(S(=O)(=O)C2CC3(CCN(CC4CCN(c5ccc6c(c5)n(C)c(=O)n6C5CCC(=O)NC5=O)CC4)CC3)C2)ccc1Nc1cc2c(cc(Cl)c(=O)n2C2CCCC2)nn1. The van der Waals surface area contributed by atoms with E-state index in [-0.39, 0.29) is 45.3 Å². The number of pyridine rings is 1. The van der Waals surface area contributed by atoms with Crippen LogP contribution in [0.15, 0.2) is 63.0 Å². The summed E-state index contributed by atoms with van der Waals surface area (Å²) >= 11 is 6.30. The molecule has 332 valence electrons. The lowest BCUT2D eigenvalue weighted by atomic mass is 9.63. The van der Waals surface area contributed by atoms with Gasteiger partial charge in [-0.15, -0.1) is 10.2 Å². The molecular weight excluding hydrogens is 842 g/mol. The van der Waals surface area contributed by atoms with E-state index in [4.69, 9.17) is 11.6 Å². The van der Waals surface area contributed by atoms with E-state index in [1.165, 1.54) is 4.57 Å². The molecule has 63 heavy (non-hydrogen) atoms. The molecule has 1 unspecified atom stereocenters. The van der Waals surface area contributed by atoms with Crippen molar-refractivity contribution in [3.05, 3.63) is 80.0 Å². The minimum atomic E-state index is -3.50. The number of sulfone groups is 1. The number of nitrogens with one attached hydrogen (secondary N) is 2. The molecule has 10 rings (SSSR count). The highest BCUT2D eigenvalue weighted by Crippen LogP contribution is 2.53. The van der Waals surface area contributed by atoms with Gasteiger partial charge in [0.05, 0.1) is 26.7 Å². The Kier molecular flexibility index (Phi) is 10.8. The lowest BCUT2D eigenvalue weighted by Crippen LogP contribution is -2.52. The number of hydrogen-bond acceptors (Lipinski definition) is 11. The highest BCUT2D eigenvalue weighted by Gasteiger charge is 2.51. The van der Waals surface area contributed by atoms with Crippen LogP contribution in [0.25, 0.3) is 22.1 Å². The van der Waals surface area contributed by atoms with E-state index < -0.39 is 21.8 Å². The molecule has 3 aromatic heterocycles. The molecule has 2 amide bonds. The molecule has 2 aromatic carbocycles. The van der Waals surface area contributed by atoms with Crippen LogP contribution in [0.3, 0.4) is 0 Å². The molecule has 0 bridgehead atoms. The zero-order chi connectivity index (χ0) is 43.8. The maximum Gasteiger partial charge on any atom is 0.329 e. The number of nitrogens with zero attached hydrogens (tertiary/aromatic N) is 7. The quantitative estimate of drug-likeness (QED) is 0.162. The number of piperidine rings is 3. The Labute approximate surface area is 370 Å². The third-order valence-electron chi connectivity index (χ3n) is 15.0. The summed E-state index contributed by atoms with van der Waals surface area (Å²) in [5, 5.41) is 14.2. The predicted octanol–water partition coefficient (Wildman–Crippen LogP) is 6.18. The van der Waals surface area contributed by atoms with Crippen molar-refractivity contribution < 1.29 is 18.0 Å². The van der Waals surface area contributed by atoms with Gasteiger partial charge in [-0.2, -0.15) is 0 Å². The van der Waals surface area contributed by atoms with Crippen molar-refractivity contribution >= 4 is 72.5 Å². The van der Waals surface area contributed by atoms with Gasteiger partial charge in [0.2, 0.25) is 11.8 Å². The van der Waals surface area contributed by atoms with E-state index in [0.29, 0.717) is 52.4 Å². The number of benzene rings is 2. The largest absolute Gasteiger partial charge is 0.371 e. The topological polar surface area (TPSA) is 174 Å². The number of aromatic nitrogens is 5. The Hall–Kier alpha value is -5.06. The minimum Gasteiger partial charge on any atom is -0.371 e. The van der Waals surface area contributed by atoms with E-state index in [2.05, 4.69) is 30.6 Å². The fourth-order valence-corrected chi connectivity index (χ4v) is 13.5. The Morgan fingerprint density at radius 3 is 2.30 bits per heavy atom. The number of fused-ring (bicyclic) bond motifs is 2. The summed E-state index contributed by atoms with van der Waals surface area (Å²) in [5.41, 5.74) is 4.88. The van der Waals surface area contributed by atoms with E-state index in [9.17, 15) is 27.6 Å². The fraction of sp³-hybridized carbons (Fsp3) is 0.522. The van der Waals surface area contributed by atoms with Crippen molar-refractivity contribution in [2.75, 3.05) is 42.9 Å². The fourth-order valence-electron chi connectivity index (χ4n) is 11.2. The molecule has 17 heteroatoms. The number of halogens is 1. The van der Waals surface area contributed by atoms with E-state index in [1.807, 2.05) is 31.2 Å². The second kappa shape index (κ2) is 16.2. The predicted molar refractivity (Wildman–Crippen MR) is 243 cm³/mol. The maximum absolute atomic E-state index is 13.9. The van der Waals surface area contributed by atoms with Crippen LogP contribution < -0.4 is 26.8 Å². The maximum atomic E-state index is 13.9. The molecule has 2 N–H and O–H groups in total. The van der Waals surface area contributed by atoms with Crippen molar-refractivity contribution in [3.8, 4) is 0 Å². The Morgan fingerprint density at radius 2 is 1.59 bits per heavy atom. The number of amides is 2. The van der Waals surface area contributed by atoms with Gasteiger partial charge in [-0.3, -0.25) is 28.8 Å². The number of imidazole rings is 1. The number of imide groups is 1. The van der Waals surface area contributed by atoms with Crippen LogP contribution in [-0.2, 0) is 26.5 Å². The lowest BCUT2D eigenvalue weighted by Gasteiger charge is -2.52. The van der Waals surface area contributed by atoms with Crippen LogP contribution in [0.2, 0.25) is 5.02 Å². The van der Waals surface area contributed by atoms with Crippen LogP contribution in [0.5, 0.6) is 0 Å². The summed E-state index contributed by atoms with van der Waals surface area (Å²) in [6, 6.07) is 14.0. The van der Waals surface area contributed by atoms with Crippen LogP contribution in [0, 0.1) is 18.3 Å². The second-order valence-electron chi connectivity index (χ2n) is 18.9. The van der Waals surface area contributed by atoms with Gasteiger partial charge in [0.15, 0.2) is 15.7 Å². The third-order valence-corrected chi connectivity index (χ3v) is 17.4. The van der Waals surface area contributed by atoms with Crippen LogP contribution in [-0.4, -0.2) is 87.0 Å². The number of aryl methyl sites for hydroxylation is 2. The summed E-state index contributed by atoms with van der Waals surface area (Å²) in [4.78, 5) is 56.0. The molecule has 0 radical (unpaired) electrons. The van der Waals surface area contributed by atoms with E-state index in [1.54, 1.807) is 40.4 Å². The standard InChI is InChI=1S/C46H54ClN9O6S/c1-28-21-32(8-9-35(28)48-41-24-39-36(50-51-41)23-34(47)44(59)55(39)30-5-3-4-6-30)63(61,62)33-25-46(26-33)15-19-53(20-16-46)27-29-13-17-54(18-14-29)31-7-10-37-40(22-31)52(2)45(60)56(37)38-11-12-42(57)49-43(38)58/h7-10,21-24,29-30,33,38H,3-6,11-20,25-27H2,1-2H3,(H,48,51)(H,49,57,58). The highest BCUT2D eigenvalue weighted by molar-refractivity contribution is 7.92. The molecule has 2 saturated carbocycles. The molecule has 1 spiro atoms. The van der Waals surface area contributed by atoms with E-state index in [0.717, 1.165) is 107 Å². The van der Waals surface area contributed by atoms with Gasteiger partial charge in [-0.05, 0) is 137 Å². The van der Waals surface area contributed by atoms with Gasteiger partial charge in [0.25, 0.3) is 5.56 Å². The smallest absolute Gasteiger partial charge is 0.329 e. The summed E-state index contributed by atoms with van der Waals surface area (Å²) in [6.45, 7) is 6.76. The molecule has 5 aliphatic rings. The van der Waals surface area contributed by atoms with Gasteiger partial charge < -0.3 is 19.7 Å². The zero-order valence-electron chi connectivity index (χ0n) is 35.8. The minimum absolute atomic E-state index is 0.0726. The average Bonchev–Trinajstić information content (AvgIpc) is 3.88. The van der Waals surface area contributed by atoms with Crippen LogP contribution >= 0.6 is 11.6 Å². The normalized spacial score (nSPS) is 21.7. The zero-order valence-corrected chi connectivity index (χ0v) is 37.4. The molecule has 15 nitrogen and oxygen atoms in total. The summed E-state index contributed by atoms with van der Waals surface area (Å²) in [6.07, 6.45) is 10.1. The number of likely N-dealkylation sites (tertiary alicyclic amines) is 1. The molecular formula is C46H54ClN9O6S. The van der Waals surface area contributed by atoms with Gasteiger partial charge in [0.1, 0.15) is 16.6 Å². The average molecular weight is 897 g/mol. The first-order chi connectivity index (χ1) is 30.3. The Bertz CT molecular complexity index is 2880. The van der Waals surface area contributed by atoms with Crippen molar-refractivity contribution in [1.29, 1.82) is 0 Å².